The average molecular weight is 694 g/mol. The van der Waals surface area contributed by atoms with Gasteiger partial charge in [0.15, 0.2) is 22.5 Å². The van der Waals surface area contributed by atoms with Crippen molar-refractivity contribution in [2.45, 2.75) is 72.0 Å². The number of aliphatic hydroxyl groups excluding tert-OH is 1. The molecule has 0 spiro atoms. The van der Waals surface area contributed by atoms with Crippen LogP contribution in [0, 0.1) is 5.41 Å². The number of nitrogens with zero attached hydrogens (tertiary/aromatic N) is 5. The number of hydrogen-bond acceptors (Lipinski definition) is 10. The Morgan fingerprint density at radius 2 is 1.83 bits per heavy atom. The number of benzene rings is 1. The van der Waals surface area contributed by atoms with Gasteiger partial charge < -0.3 is 31.1 Å². The van der Waals surface area contributed by atoms with Crippen LogP contribution in [-0.4, -0.2) is 108 Å². The Morgan fingerprint density at radius 1 is 1.09 bits per heavy atom. The van der Waals surface area contributed by atoms with Crippen molar-refractivity contribution in [1.29, 1.82) is 0 Å². The summed E-state index contributed by atoms with van der Waals surface area (Å²) in [6.45, 7) is 13.6. The Bertz CT molecular complexity index is 1370. The molecule has 260 valence electrons. The second-order valence-corrected chi connectivity index (χ2v) is 14.1. The molecular weight excluding hydrogens is 643 g/mol. The van der Waals surface area contributed by atoms with Crippen LogP contribution in [0.5, 0.6) is 5.75 Å². The zero-order valence-electron chi connectivity index (χ0n) is 28.0. The number of nitrogen functional groups attached to an aromatic ring is 1. The number of piperidine rings is 1. The van der Waals surface area contributed by atoms with E-state index in [4.69, 9.17) is 38.8 Å². The van der Waals surface area contributed by atoms with Crippen LogP contribution in [-0.2, 0) is 11.3 Å². The van der Waals surface area contributed by atoms with Crippen LogP contribution >= 0.6 is 23.2 Å². The first-order chi connectivity index (χ1) is 22.4. The van der Waals surface area contributed by atoms with Crippen LogP contribution in [0.15, 0.2) is 18.2 Å². The Hall–Kier alpha value is -2.90. The smallest absolute Gasteiger partial charge is 0.273 e. The number of piperazine rings is 1. The standard InChI is InChI=1S/C33H50Cl2N8O4/c1-5-6-25-21-42(30-28(35)39-27(29(36)40-30)31(45)37-11-17-44)15-16-43(25)24-9-13-41(14-10-24)20-22-7-8-23(34)19-26(22)47-18-12-38-32(46)33(2,3)4/h7-8,19,24-25,44H,5-6,9-18,20-21H2,1-4H3,(H2,36,40)(H,37,45)(H,38,46)/t25-/m0/s1. The van der Waals surface area contributed by atoms with E-state index in [9.17, 15) is 9.59 Å². The first-order valence-corrected chi connectivity index (χ1v) is 17.3. The molecule has 1 atom stereocenters. The van der Waals surface area contributed by atoms with Gasteiger partial charge in [-0.05, 0) is 44.5 Å². The Kier molecular flexibility index (Phi) is 13.3. The number of carbonyl (C=O) groups excluding carboxylic acids is 2. The van der Waals surface area contributed by atoms with Crippen LogP contribution in [0.1, 0.15) is 69.4 Å². The number of anilines is 2. The summed E-state index contributed by atoms with van der Waals surface area (Å²) in [6, 6.07) is 6.58. The van der Waals surface area contributed by atoms with E-state index in [0.717, 1.165) is 76.3 Å². The number of ether oxygens (including phenoxy) is 1. The molecule has 2 aromatic rings. The molecule has 5 N–H and O–H groups in total. The van der Waals surface area contributed by atoms with Gasteiger partial charge in [0.2, 0.25) is 5.91 Å². The van der Waals surface area contributed by atoms with Gasteiger partial charge in [-0.25, -0.2) is 9.97 Å². The lowest BCUT2D eigenvalue weighted by atomic mass is 9.96. The zero-order valence-corrected chi connectivity index (χ0v) is 29.5. The third kappa shape index (κ3) is 10.1. The van der Waals surface area contributed by atoms with Crippen LogP contribution in [0.4, 0.5) is 11.6 Å². The van der Waals surface area contributed by atoms with Crippen molar-refractivity contribution in [2.75, 3.05) is 69.7 Å². The van der Waals surface area contributed by atoms with Gasteiger partial charge in [-0.15, -0.1) is 0 Å². The van der Waals surface area contributed by atoms with E-state index in [1.807, 2.05) is 39.0 Å². The molecule has 0 radical (unpaired) electrons. The Labute approximate surface area is 288 Å². The fourth-order valence-electron chi connectivity index (χ4n) is 6.21. The molecule has 2 aliphatic heterocycles. The molecule has 2 saturated heterocycles. The van der Waals surface area contributed by atoms with Crippen molar-refractivity contribution in [1.82, 2.24) is 30.4 Å². The molecule has 12 nitrogen and oxygen atoms in total. The average Bonchev–Trinajstić information content (AvgIpc) is 3.04. The molecule has 0 aliphatic carbocycles. The lowest BCUT2D eigenvalue weighted by Gasteiger charge is -2.48. The molecule has 0 unspecified atom stereocenters. The largest absolute Gasteiger partial charge is 0.491 e. The molecule has 1 aromatic carbocycles. The number of aromatic nitrogens is 2. The van der Waals surface area contributed by atoms with Crippen LogP contribution in [0.25, 0.3) is 0 Å². The van der Waals surface area contributed by atoms with Crippen LogP contribution < -0.4 is 26.0 Å². The molecular formula is C33H50Cl2N8O4. The van der Waals surface area contributed by atoms with E-state index in [2.05, 4.69) is 42.2 Å². The Morgan fingerprint density at radius 3 is 2.51 bits per heavy atom. The molecule has 1 aromatic heterocycles. The van der Waals surface area contributed by atoms with Crippen LogP contribution in [0.3, 0.4) is 0 Å². The van der Waals surface area contributed by atoms with Gasteiger partial charge in [-0.3, -0.25) is 19.4 Å². The maximum Gasteiger partial charge on any atom is 0.273 e. The van der Waals surface area contributed by atoms with Crippen LogP contribution in [0.2, 0.25) is 10.2 Å². The summed E-state index contributed by atoms with van der Waals surface area (Å²) in [6.07, 6.45) is 4.22. The van der Waals surface area contributed by atoms with E-state index in [0.29, 0.717) is 36.1 Å². The van der Waals surface area contributed by atoms with E-state index >= 15 is 0 Å². The van der Waals surface area contributed by atoms with E-state index in [1.54, 1.807) is 0 Å². The predicted octanol–water partition coefficient (Wildman–Crippen LogP) is 3.58. The summed E-state index contributed by atoms with van der Waals surface area (Å²) in [5.41, 5.74) is 6.73. The Balaban J connectivity index is 1.33. The molecule has 2 fully saturated rings. The number of amides is 2. The van der Waals surface area contributed by atoms with Gasteiger partial charge in [0, 0.05) is 60.8 Å². The predicted molar refractivity (Wildman–Crippen MR) is 186 cm³/mol. The third-order valence-corrected chi connectivity index (χ3v) is 9.19. The van der Waals surface area contributed by atoms with E-state index < -0.39 is 11.3 Å². The monoisotopic (exact) mass is 692 g/mol. The number of hydrogen-bond donors (Lipinski definition) is 4. The summed E-state index contributed by atoms with van der Waals surface area (Å²) in [4.78, 5) is 40.5. The summed E-state index contributed by atoms with van der Waals surface area (Å²) in [5.74, 6) is 0.749. The quantitative estimate of drug-likeness (QED) is 0.230. The zero-order chi connectivity index (χ0) is 34.1. The molecule has 2 amide bonds. The highest BCUT2D eigenvalue weighted by molar-refractivity contribution is 6.32. The normalized spacial score (nSPS) is 18.3. The molecule has 0 saturated carbocycles. The van der Waals surface area contributed by atoms with Gasteiger partial charge in [0.25, 0.3) is 5.91 Å². The maximum atomic E-state index is 12.4. The second kappa shape index (κ2) is 17.0. The minimum Gasteiger partial charge on any atom is -0.491 e. The second-order valence-electron chi connectivity index (χ2n) is 13.3. The molecule has 3 heterocycles. The summed E-state index contributed by atoms with van der Waals surface area (Å²) in [7, 11) is 0. The van der Waals surface area contributed by atoms with Gasteiger partial charge in [0.1, 0.15) is 12.4 Å². The molecule has 47 heavy (non-hydrogen) atoms. The van der Waals surface area contributed by atoms with Crippen molar-refractivity contribution in [3.8, 4) is 5.75 Å². The highest BCUT2D eigenvalue weighted by atomic mass is 35.5. The van der Waals surface area contributed by atoms with Crippen molar-refractivity contribution >= 4 is 46.7 Å². The first-order valence-electron chi connectivity index (χ1n) is 16.6. The number of rotatable bonds is 13. The van der Waals surface area contributed by atoms with Gasteiger partial charge in [-0.1, -0.05) is 63.4 Å². The van der Waals surface area contributed by atoms with Crippen molar-refractivity contribution in [2.24, 2.45) is 5.41 Å². The number of likely N-dealkylation sites (tertiary alicyclic amines) is 1. The summed E-state index contributed by atoms with van der Waals surface area (Å²) < 4.78 is 6.08. The van der Waals surface area contributed by atoms with Gasteiger partial charge in [-0.2, -0.15) is 0 Å². The van der Waals surface area contributed by atoms with E-state index in [-0.39, 0.29) is 35.7 Å². The molecule has 2 aliphatic rings. The third-order valence-electron chi connectivity index (χ3n) is 8.70. The fraction of sp³-hybridized carbons (Fsp3) is 0.636. The van der Waals surface area contributed by atoms with Gasteiger partial charge in [0.05, 0.1) is 13.2 Å². The van der Waals surface area contributed by atoms with Crippen molar-refractivity contribution < 1.29 is 19.4 Å². The fourth-order valence-corrected chi connectivity index (χ4v) is 6.62. The number of nitrogens with two attached hydrogens (primary N) is 1. The molecule has 14 heteroatoms. The first kappa shape index (κ1) is 36.9. The lowest BCUT2D eigenvalue weighted by molar-refractivity contribution is -0.128. The topological polar surface area (TPSA) is 149 Å². The molecule has 0 bridgehead atoms. The SMILES string of the molecule is CCC[C@H]1CN(c2nc(N)c(C(=O)NCCO)nc2Cl)CCN1C1CCN(Cc2ccc(Cl)cc2OCCNC(=O)C(C)(C)C)CC1. The summed E-state index contributed by atoms with van der Waals surface area (Å²) >= 11 is 12.8. The minimum absolute atomic E-state index is 0.00424. The lowest BCUT2D eigenvalue weighted by Crippen LogP contribution is -2.58. The number of halogens is 2. The van der Waals surface area contributed by atoms with Gasteiger partial charge >= 0.3 is 0 Å². The maximum absolute atomic E-state index is 12.4. The number of nitrogens with one attached hydrogen (secondary N) is 2. The van der Waals surface area contributed by atoms with Crippen molar-refractivity contribution in [3.05, 3.63) is 39.6 Å². The number of aliphatic hydroxyl groups is 1. The highest BCUT2D eigenvalue weighted by Crippen LogP contribution is 2.31. The minimum atomic E-state index is -0.515. The summed E-state index contributed by atoms with van der Waals surface area (Å²) in [5, 5.41) is 15.2. The molecule has 4 rings (SSSR count). The number of carbonyl (C=O) groups is 2. The van der Waals surface area contributed by atoms with Crippen molar-refractivity contribution in [3.63, 3.8) is 0 Å². The van der Waals surface area contributed by atoms with E-state index in [1.165, 1.54) is 0 Å². The highest BCUT2D eigenvalue weighted by Gasteiger charge is 2.35.